The molecule has 0 radical (unpaired) electrons. The molecule has 0 saturated heterocycles. The number of hydrogen-bond acceptors (Lipinski definition) is 5. The normalized spacial score (nSPS) is 10.8. The van der Waals surface area contributed by atoms with E-state index in [4.69, 9.17) is 0 Å². The van der Waals surface area contributed by atoms with Gasteiger partial charge in [-0.1, -0.05) is 0 Å². The van der Waals surface area contributed by atoms with Crippen LogP contribution < -0.4 is 10.9 Å². The van der Waals surface area contributed by atoms with Crippen molar-refractivity contribution in [3.63, 3.8) is 0 Å². The Labute approximate surface area is 117 Å². The maximum Gasteiger partial charge on any atom is 0.271 e. The van der Waals surface area contributed by atoms with Crippen LogP contribution >= 0.6 is 11.3 Å². The molecule has 0 unspecified atom stereocenters. The number of H-pyrrole nitrogens is 1. The molecule has 7 nitrogen and oxygen atoms in total. The number of imidazole rings is 1. The zero-order valence-corrected chi connectivity index (χ0v) is 11.2. The Kier molecular flexibility index (Phi) is 3.30. The molecular weight excluding hydrogens is 278 g/mol. The lowest BCUT2D eigenvalue weighted by atomic mass is 10.3. The van der Waals surface area contributed by atoms with E-state index in [2.05, 4.69) is 20.5 Å². The van der Waals surface area contributed by atoms with Crippen LogP contribution in [0.3, 0.4) is 0 Å². The van der Waals surface area contributed by atoms with Crippen molar-refractivity contribution in [1.82, 2.24) is 24.9 Å². The predicted octanol–water partition coefficient (Wildman–Crippen LogP) is 0.452. The number of fused-ring (bicyclic) bond motifs is 1. The van der Waals surface area contributed by atoms with Gasteiger partial charge in [-0.25, -0.2) is 10.1 Å². The highest BCUT2D eigenvalue weighted by Gasteiger charge is 2.07. The molecule has 3 heterocycles. The standard InChI is InChI=1S/C12H11N5O2S/c18-10-2-1-9(15-16-10)11(19)13-4-3-8-7-17-5-6-20-12(17)14-8/h1-2,5-7H,3-4H2,(H,13,19)(H,16,18). The highest BCUT2D eigenvalue weighted by atomic mass is 32.1. The minimum Gasteiger partial charge on any atom is -0.350 e. The lowest BCUT2D eigenvalue weighted by molar-refractivity contribution is 0.0948. The molecule has 3 aromatic rings. The molecular formula is C12H11N5O2S. The highest BCUT2D eigenvalue weighted by Crippen LogP contribution is 2.11. The molecule has 0 aliphatic rings. The number of carbonyl (C=O) groups excluding carboxylic acids is 1. The topological polar surface area (TPSA) is 92.2 Å². The van der Waals surface area contributed by atoms with Gasteiger partial charge in [0, 0.05) is 36.8 Å². The van der Waals surface area contributed by atoms with Crippen molar-refractivity contribution in [1.29, 1.82) is 0 Å². The van der Waals surface area contributed by atoms with E-state index < -0.39 is 0 Å². The predicted molar refractivity (Wildman–Crippen MR) is 74.0 cm³/mol. The van der Waals surface area contributed by atoms with E-state index in [1.165, 1.54) is 12.1 Å². The summed E-state index contributed by atoms with van der Waals surface area (Å²) < 4.78 is 1.95. The summed E-state index contributed by atoms with van der Waals surface area (Å²) in [5.74, 6) is -0.317. The smallest absolute Gasteiger partial charge is 0.271 e. The van der Waals surface area contributed by atoms with Crippen LogP contribution in [0.2, 0.25) is 0 Å². The van der Waals surface area contributed by atoms with Crippen LogP contribution in [0.1, 0.15) is 16.2 Å². The van der Waals surface area contributed by atoms with Gasteiger partial charge in [-0.15, -0.1) is 11.3 Å². The number of hydrogen-bond donors (Lipinski definition) is 2. The van der Waals surface area contributed by atoms with Gasteiger partial charge in [0.1, 0.15) is 5.69 Å². The van der Waals surface area contributed by atoms with Gasteiger partial charge in [0.25, 0.3) is 11.5 Å². The molecule has 1 amide bonds. The first kappa shape index (κ1) is 12.5. The van der Waals surface area contributed by atoms with Crippen LogP contribution in [0.4, 0.5) is 0 Å². The number of aromatic amines is 1. The second-order valence-electron chi connectivity index (χ2n) is 4.14. The van der Waals surface area contributed by atoms with Crippen LogP contribution in [-0.4, -0.2) is 32.0 Å². The molecule has 0 spiro atoms. The molecule has 0 aliphatic heterocycles. The summed E-state index contributed by atoms with van der Waals surface area (Å²) in [6.45, 7) is 0.463. The van der Waals surface area contributed by atoms with Gasteiger partial charge < -0.3 is 5.32 Å². The Balaban J connectivity index is 1.57. The number of aromatic nitrogens is 4. The second-order valence-corrected chi connectivity index (χ2v) is 5.01. The Morgan fingerprint density at radius 3 is 3.10 bits per heavy atom. The van der Waals surface area contributed by atoms with Crippen LogP contribution in [0.5, 0.6) is 0 Å². The molecule has 0 atom stereocenters. The number of amides is 1. The maximum atomic E-state index is 11.7. The van der Waals surface area contributed by atoms with E-state index in [0.29, 0.717) is 13.0 Å². The summed E-state index contributed by atoms with van der Waals surface area (Å²) in [5.41, 5.74) is 0.779. The molecule has 0 bridgehead atoms. The molecule has 0 saturated carbocycles. The average Bonchev–Trinajstić information content (AvgIpc) is 3.00. The van der Waals surface area contributed by atoms with Gasteiger partial charge in [0.2, 0.25) is 0 Å². The molecule has 0 aliphatic carbocycles. The van der Waals surface area contributed by atoms with Crippen molar-refractivity contribution >= 4 is 22.2 Å². The second kappa shape index (κ2) is 5.25. The van der Waals surface area contributed by atoms with Gasteiger partial charge in [0.05, 0.1) is 5.69 Å². The van der Waals surface area contributed by atoms with Crippen molar-refractivity contribution < 1.29 is 4.79 Å². The lowest BCUT2D eigenvalue weighted by Gasteiger charge is -2.02. The Bertz CT molecular complexity index is 754. The summed E-state index contributed by atoms with van der Waals surface area (Å²) in [4.78, 5) is 28.0. The van der Waals surface area contributed by atoms with E-state index in [-0.39, 0.29) is 17.2 Å². The summed E-state index contributed by atoms with van der Waals surface area (Å²) in [6.07, 6.45) is 4.53. The van der Waals surface area contributed by atoms with Crippen molar-refractivity contribution in [3.8, 4) is 0 Å². The lowest BCUT2D eigenvalue weighted by Crippen LogP contribution is -2.27. The molecule has 20 heavy (non-hydrogen) atoms. The number of carbonyl (C=O) groups is 1. The number of rotatable bonds is 4. The zero-order valence-electron chi connectivity index (χ0n) is 10.4. The average molecular weight is 289 g/mol. The van der Waals surface area contributed by atoms with Gasteiger partial charge >= 0.3 is 0 Å². The molecule has 0 aromatic carbocycles. The van der Waals surface area contributed by atoms with E-state index in [1.54, 1.807) is 11.3 Å². The zero-order chi connectivity index (χ0) is 13.9. The van der Waals surface area contributed by atoms with Gasteiger partial charge in [-0.05, 0) is 6.07 Å². The largest absolute Gasteiger partial charge is 0.350 e. The number of thiazole rings is 1. The first-order valence-corrected chi connectivity index (χ1v) is 6.85. The third kappa shape index (κ3) is 2.59. The molecule has 3 aromatic heterocycles. The fourth-order valence-electron chi connectivity index (χ4n) is 1.76. The Hall–Kier alpha value is -2.48. The maximum absolute atomic E-state index is 11.7. The third-order valence-electron chi connectivity index (χ3n) is 2.72. The third-order valence-corrected chi connectivity index (χ3v) is 3.49. The minimum absolute atomic E-state index is 0.190. The minimum atomic E-state index is -0.334. The van der Waals surface area contributed by atoms with Gasteiger partial charge in [-0.2, -0.15) is 5.10 Å². The molecule has 0 fully saturated rings. The summed E-state index contributed by atoms with van der Waals surface area (Å²) in [5, 5.41) is 10.6. The van der Waals surface area contributed by atoms with Crippen molar-refractivity contribution in [2.45, 2.75) is 6.42 Å². The van der Waals surface area contributed by atoms with Crippen molar-refractivity contribution in [3.05, 3.63) is 51.6 Å². The highest BCUT2D eigenvalue weighted by molar-refractivity contribution is 7.15. The number of nitrogens with zero attached hydrogens (tertiary/aromatic N) is 3. The van der Waals surface area contributed by atoms with E-state index in [0.717, 1.165) is 10.7 Å². The quantitative estimate of drug-likeness (QED) is 0.729. The van der Waals surface area contributed by atoms with Crippen molar-refractivity contribution in [2.75, 3.05) is 6.54 Å². The van der Waals surface area contributed by atoms with E-state index in [1.807, 2.05) is 22.2 Å². The van der Waals surface area contributed by atoms with Crippen LogP contribution in [0.15, 0.2) is 34.7 Å². The van der Waals surface area contributed by atoms with Crippen molar-refractivity contribution in [2.24, 2.45) is 0 Å². The van der Waals surface area contributed by atoms with E-state index >= 15 is 0 Å². The fraction of sp³-hybridized carbons (Fsp3) is 0.167. The van der Waals surface area contributed by atoms with Gasteiger partial charge in [-0.3, -0.25) is 14.0 Å². The SMILES string of the molecule is O=C(NCCc1cn2ccsc2n1)c1ccc(=O)[nH]n1. The molecule has 102 valence electrons. The first-order chi connectivity index (χ1) is 9.72. The van der Waals surface area contributed by atoms with Gasteiger partial charge in [0.15, 0.2) is 4.96 Å². The molecule has 3 rings (SSSR count). The summed E-state index contributed by atoms with van der Waals surface area (Å²) >= 11 is 1.57. The monoisotopic (exact) mass is 289 g/mol. The summed E-state index contributed by atoms with van der Waals surface area (Å²) in [7, 11) is 0. The van der Waals surface area contributed by atoms with Crippen LogP contribution in [0, 0.1) is 0 Å². The number of nitrogens with one attached hydrogen (secondary N) is 2. The molecule has 8 heteroatoms. The fourth-order valence-corrected chi connectivity index (χ4v) is 2.48. The summed E-state index contributed by atoms with van der Waals surface area (Å²) in [6, 6.07) is 2.66. The van der Waals surface area contributed by atoms with Crippen LogP contribution in [-0.2, 0) is 6.42 Å². The van der Waals surface area contributed by atoms with E-state index in [9.17, 15) is 9.59 Å². The Morgan fingerprint density at radius 1 is 1.45 bits per heavy atom. The molecule has 2 N–H and O–H groups in total. The van der Waals surface area contributed by atoms with Crippen LogP contribution in [0.25, 0.3) is 4.96 Å². The Morgan fingerprint density at radius 2 is 2.35 bits per heavy atom. The first-order valence-electron chi connectivity index (χ1n) is 5.97.